The van der Waals surface area contributed by atoms with Gasteiger partial charge in [-0.3, -0.25) is 9.59 Å². The molecule has 3 heterocycles. The van der Waals surface area contributed by atoms with E-state index in [1.165, 1.54) is 11.1 Å². The van der Waals surface area contributed by atoms with Crippen LogP contribution in [0.1, 0.15) is 27.0 Å². The molecule has 184 valence electrons. The van der Waals surface area contributed by atoms with Gasteiger partial charge in [-0.2, -0.15) is 0 Å². The number of aromatic nitrogens is 2. The van der Waals surface area contributed by atoms with Crippen LogP contribution in [0, 0.1) is 0 Å². The van der Waals surface area contributed by atoms with Crippen LogP contribution in [0.3, 0.4) is 0 Å². The van der Waals surface area contributed by atoms with Gasteiger partial charge in [0, 0.05) is 36.4 Å². The lowest BCUT2D eigenvalue weighted by molar-refractivity contribution is -0.132. The molecule has 2 aliphatic heterocycles. The van der Waals surface area contributed by atoms with Crippen molar-refractivity contribution in [2.24, 2.45) is 0 Å². The highest BCUT2D eigenvalue weighted by molar-refractivity contribution is 6.33. The Labute approximate surface area is 219 Å². The Morgan fingerprint density at radius 2 is 1.73 bits per heavy atom. The molecule has 1 N–H and O–H groups in total. The number of amides is 2. The maximum atomic E-state index is 13.3. The van der Waals surface area contributed by atoms with Gasteiger partial charge in [0.05, 0.1) is 16.9 Å². The molecule has 2 aliphatic rings. The van der Waals surface area contributed by atoms with E-state index in [9.17, 15) is 9.59 Å². The molecule has 0 saturated carbocycles. The first-order valence-corrected chi connectivity index (χ1v) is 12.5. The second kappa shape index (κ2) is 9.67. The second-order valence-electron chi connectivity index (χ2n) is 9.25. The lowest BCUT2D eigenvalue weighted by atomic mass is 10.00. The number of hydrogen-bond acceptors (Lipinski definition) is 5. The van der Waals surface area contributed by atoms with Crippen LogP contribution in [0.15, 0.2) is 79.0 Å². The van der Waals surface area contributed by atoms with Crippen LogP contribution in [-0.2, 0) is 24.3 Å². The Morgan fingerprint density at radius 3 is 2.57 bits per heavy atom. The van der Waals surface area contributed by atoms with E-state index in [2.05, 4.69) is 27.4 Å². The summed E-state index contributed by atoms with van der Waals surface area (Å²) in [4.78, 5) is 38.7. The zero-order valence-corrected chi connectivity index (χ0v) is 20.8. The Kier molecular flexibility index (Phi) is 6.06. The van der Waals surface area contributed by atoms with Gasteiger partial charge in [0.15, 0.2) is 0 Å². The monoisotopic (exact) mass is 509 g/mol. The number of para-hydroxylation sites is 1. The molecule has 0 unspecified atom stereocenters. The molecule has 3 aromatic carbocycles. The third kappa shape index (κ3) is 4.66. The smallest absolute Gasteiger partial charge is 0.254 e. The molecule has 2 amide bonds. The molecule has 37 heavy (non-hydrogen) atoms. The molecule has 1 aromatic heterocycles. The third-order valence-corrected chi connectivity index (χ3v) is 7.12. The molecule has 4 aromatic rings. The van der Waals surface area contributed by atoms with E-state index in [1.54, 1.807) is 17.2 Å². The van der Waals surface area contributed by atoms with Crippen molar-refractivity contribution in [1.82, 2.24) is 19.8 Å². The largest absolute Gasteiger partial charge is 0.336 e. The molecular formula is C29H24ClN5O2. The third-order valence-electron chi connectivity index (χ3n) is 6.85. The Hall–Kier alpha value is -4.23. The van der Waals surface area contributed by atoms with Crippen molar-refractivity contribution in [3.8, 4) is 11.3 Å². The minimum atomic E-state index is -0.157. The van der Waals surface area contributed by atoms with Crippen LogP contribution in [0.2, 0.25) is 5.02 Å². The Balaban J connectivity index is 1.18. The highest BCUT2D eigenvalue weighted by Crippen LogP contribution is 2.32. The van der Waals surface area contributed by atoms with Crippen LogP contribution >= 0.6 is 11.6 Å². The fourth-order valence-electron chi connectivity index (χ4n) is 4.89. The second-order valence-corrected chi connectivity index (χ2v) is 9.66. The first-order valence-electron chi connectivity index (χ1n) is 12.2. The van der Waals surface area contributed by atoms with Gasteiger partial charge in [-0.15, -0.1) is 0 Å². The number of anilines is 2. The summed E-state index contributed by atoms with van der Waals surface area (Å²) in [5.74, 6) is 0.217. The molecule has 7 nitrogen and oxygen atoms in total. The minimum Gasteiger partial charge on any atom is -0.336 e. The number of rotatable bonds is 5. The quantitative estimate of drug-likeness (QED) is 0.406. The minimum absolute atomic E-state index is 0.0358. The van der Waals surface area contributed by atoms with E-state index in [4.69, 9.17) is 11.6 Å². The van der Waals surface area contributed by atoms with E-state index in [0.717, 1.165) is 23.2 Å². The van der Waals surface area contributed by atoms with Crippen molar-refractivity contribution < 1.29 is 9.59 Å². The summed E-state index contributed by atoms with van der Waals surface area (Å²) in [5, 5.41) is 3.56. The zero-order valence-electron chi connectivity index (χ0n) is 20.0. The molecular weight excluding hydrogens is 486 g/mol. The van der Waals surface area contributed by atoms with Crippen molar-refractivity contribution in [2.45, 2.75) is 19.5 Å². The number of hydrogen-bond donors (Lipinski definition) is 1. The number of nitrogens with zero attached hydrogens (tertiary/aromatic N) is 4. The van der Waals surface area contributed by atoms with Crippen LogP contribution in [0.4, 0.5) is 11.6 Å². The number of halogens is 1. The summed E-state index contributed by atoms with van der Waals surface area (Å²) in [7, 11) is 0. The predicted octanol–water partition coefficient (Wildman–Crippen LogP) is 5.08. The van der Waals surface area contributed by atoms with Crippen molar-refractivity contribution in [1.29, 1.82) is 0 Å². The maximum absolute atomic E-state index is 13.3. The Morgan fingerprint density at radius 1 is 0.946 bits per heavy atom. The summed E-state index contributed by atoms with van der Waals surface area (Å²) < 4.78 is 0. The summed E-state index contributed by atoms with van der Waals surface area (Å²) >= 11 is 6.44. The molecule has 0 radical (unpaired) electrons. The van der Waals surface area contributed by atoms with E-state index in [-0.39, 0.29) is 18.4 Å². The summed E-state index contributed by atoms with van der Waals surface area (Å²) in [6, 6.07) is 23.4. The number of benzene rings is 3. The maximum Gasteiger partial charge on any atom is 0.254 e. The Bertz CT molecular complexity index is 1510. The lowest BCUT2D eigenvalue weighted by Crippen LogP contribution is -2.42. The van der Waals surface area contributed by atoms with E-state index < -0.39 is 0 Å². The van der Waals surface area contributed by atoms with Crippen molar-refractivity contribution in [3.63, 3.8) is 0 Å². The van der Waals surface area contributed by atoms with E-state index >= 15 is 0 Å². The summed E-state index contributed by atoms with van der Waals surface area (Å²) in [6.07, 6.45) is 2.38. The summed E-state index contributed by atoms with van der Waals surface area (Å²) in [5.41, 5.74) is 6.03. The van der Waals surface area contributed by atoms with Crippen molar-refractivity contribution >= 4 is 35.1 Å². The number of nitrogens with one attached hydrogen (secondary N) is 1. The van der Waals surface area contributed by atoms with Crippen LogP contribution in [0.25, 0.3) is 11.3 Å². The number of fused-ring (bicyclic) bond motifs is 2. The topological polar surface area (TPSA) is 78.4 Å². The number of carbonyl (C=O) groups is 2. The molecule has 0 fully saturated rings. The molecule has 0 spiro atoms. The van der Waals surface area contributed by atoms with Gasteiger partial charge >= 0.3 is 0 Å². The zero-order chi connectivity index (χ0) is 25.4. The average molecular weight is 510 g/mol. The van der Waals surface area contributed by atoms with Crippen LogP contribution in [0.5, 0.6) is 0 Å². The first kappa shape index (κ1) is 23.2. The fourth-order valence-corrected chi connectivity index (χ4v) is 5.09. The predicted molar refractivity (Wildman–Crippen MR) is 143 cm³/mol. The molecule has 8 heteroatoms. The molecule has 0 aliphatic carbocycles. The highest BCUT2D eigenvalue weighted by atomic mass is 35.5. The van der Waals surface area contributed by atoms with Crippen LogP contribution < -0.4 is 5.32 Å². The van der Waals surface area contributed by atoms with Gasteiger partial charge in [0.25, 0.3) is 5.91 Å². The van der Waals surface area contributed by atoms with E-state index in [1.807, 2.05) is 59.5 Å². The first-order chi connectivity index (χ1) is 18.0. The van der Waals surface area contributed by atoms with Gasteiger partial charge in [-0.1, -0.05) is 66.2 Å². The fraction of sp³-hybridized carbons (Fsp3) is 0.172. The van der Waals surface area contributed by atoms with E-state index in [0.29, 0.717) is 41.9 Å². The normalized spacial score (nSPS) is 14.4. The van der Waals surface area contributed by atoms with Gasteiger partial charge in [0.1, 0.15) is 6.54 Å². The highest BCUT2D eigenvalue weighted by Gasteiger charge is 2.31. The van der Waals surface area contributed by atoms with Crippen LogP contribution in [-0.4, -0.2) is 44.7 Å². The molecule has 0 atom stereocenters. The van der Waals surface area contributed by atoms with Gasteiger partial charge in [-0.25, -0.2) is 9.97 Å². The molecule has 6 rings (SSSR count). The SMILES string of the molecule is O=C(CN1Cc2ccc(-c3nc(Nc4ccccc4)ncc3Cl)cc2C1=O)N1CCc2ccccc2C1. The van der Waals surface area contributed by atoms with Gasteiger partial charge in [-0.05, 0) is 41.3 Å². The van der Waals surface area contributed by atoms with Gasteiger partial charge in [0.2, 0.25) is 11.9 Å². The van der Waals surface area contributed by atoms with Gasteiger partial charge < -0.3 is 15.1 Å². The molecule has 0 saturated heterocycles. The number of carbonyl (C=O) groups excluding carboxylic acids is 2. The van der Waals surface area contributed by atoms with Crippen molar-refractivity contribution in [3.05, 3.63) is 106 Å². The lowest BCUT2D eigenvalue weighted by Gasteiger charge is -2.30. The molecule has 0 bridgehead atoms. The summed E-state index contributed by atoms with van der Waals surface area (Å²) in [6.45, 7) is 1.72. The van der Waals surface area contributed by atoms with Crippen molar-refractivity contribution in [2.75, 3.05) is 18.4 Å². The standard InChI is InChI=1S/C29H24ClN5O2/c30-25-15-31-29(32-23-8-2-1-3-9-23)33-27(25)20-10-11-22-17-35(28(37)24(22)14-20)18-26(36)34-13-12-19-6-4-5-7-21(19)16-34/h1-11,14-15H,12-13,16-18H2,(H,31,32,33). The average Bonchev–Trinajstić information content (AvgIpc) is 3.24.